The van der Waals surface area contributed by atoms with Gasteiger partial charge in [0.15, 0.2) is 0 Å². The minimum atomic E-state index is -0.508. The van der Waals surface area contributed by atoms with Crippen molar-refractivity contribution >= 4 is 21.4 Å². The average molecular weight is 188 g/mol. The van der Waals surface area contributed by atoms with E-state index >= 15 is 0 Å². The molecule has 0 spiro atoms. The van der Waals surface area contributed by atoms with Crippen molar-refractivity contribution in [2.75, 3.05) is 0 Å². The summed E-state index contributed by atoms with van der Waals surface area (Å²) in [5.41, 5.74) is 6.48. The van der Waals surface area contributed by atoms with Gasteiger partial charge in [0.1, 0.15) is 6.04 Å². The zero-order valence-corrected chi connectivity index (χ0v) is 7.71. The van der Waals surface area contributed by atoms with Gasteiger partial charge in [-0.25, -0.2) is 0 Å². The highest BCUT2D eigenvalue weighted by atomic mass is 32.1. The minimum absolute atomic E-state index is 0.508. The van der Waals surface area contributed by atoms with Crippen LogP contribution < -0.4 is 5.73 Å². The standard InChI is InChI=1S/C10H8N2S/c11-6-9(12)8-2-1-7-3-4-13-10(7)5-8/h1-5,9H,12H2. The molecule has 0 amide bonds. The molecule has 1 aromatic carbocycles. The predicted molar refractivity (Wildman–Crippen MR) is 54.4 cm³/mol. The van der Waals surface area contributed by atoms with Crippen molar-refractivity contribution in [3.8, 4) is 6.07 Å². The highest BCUT2D eigenvalue weighted by molar-refractivity contribution is 7.17. The first-order valence-corrected chi connectivity index (χ1v) is 4.81. The van der Waals surface area contributed by atoms with Crippen LogP contribution in [0.4, 0.5) is 0 Å². The molecule has 0 radical (unpaired) electrons. The molecule has 2 aromatic rings. The molecule has 0 fully saturated rings. The van der Waals surface area contributed by atoms with Crippen LogP contribution in [0.1, 0.15) is 11.6 Å². The number of nitrogens with zero attached hydrogens (tertiary/aromatic N) is 1. The zero-order valence-electron chi connectivity index (χ0n) is 6.90. The summed E-state index contributed by atoms with van der Waals surface area (Å²) >= 11 is 1.66. The van der Waals surface area contributed by atoms with Crippen molar-refractivity contribution in [3.63, 3.8) is 0 Å². The van der Waals surface area contributed by atoms with E-state index in [1.165, 1.54) is 10.1 Å². The molecule has 0 saturated heterocycles. The quantitative estimate of drug-likeness (QED) is 0.747. The van der Waals surface area contributed by atoms with Crippen LogP contribution in [0.25, 0.3) is 10.1 Å². The second kappa shape index (κ2) is 3.17. The van der Waals surface area contributed by atoms with Crippen LogP contribution in [0, 0.1) is 11.3 Å². The lowest BCUT2D eigenvalue weighted by molar-refractivity contribution is 0.929. The fourth-order valence-electron chi connectivity index (χ4n) is 1.24. The van der Waals surface area contributed by atoms with Gasteiger partial charge in [-0.15, -0.1) is 11.3 Å². The maximum Gasteiger partial charge on any atom is 0.118 e. The Balaban J connectivity index is 2.55. The maximum atomic E-state index is 8.64. The summed E-state index contributed by atoms with van der Waals surface area (Å²) in [6, 6.07) is 9.45. The predicted octanol–water partition coefficient (Wildman–Crippen LogP) is 2.42. The summed E-state index contributed by atoms with van der Waals surface area (Å²) in [7, 11) is 0. The van der Waals surface area contributed by atoms with Crippen LogP contribution in [-0.4, -0.2) is 0 Å². The van der Waals surface area contributed by atoms with E-state index in [1.807, 2.05) is 29.6 Å². The lowest BCUT2D eigenvalue weighted by Gasteiger charge is -2.01. The van der Waals surface area contributed by atoms with Gasteiger partial charge in [-0.2, -0.15) is 5.26 Å². The Morgan fingerprint density at radius 2 is 2.23 bits per heavy atom. The Morgan fingerprint density at radius 3 is 3.00 bits per heavy atom. The van der Waals surface area contributed by atoms with Gasteiger partial charge in [-0.05, 0) is 28.5 Å². The van der Waals surface area contributed by atoms with Crippen LogP contribution in [0.5, 0.6) is 0 Å². The molecule has 1 atom stereocenters. The van der Waals surface area contributed by atoms with Crippen LogP contribution >= 0.6 is 11.3 Å². The Bertz CT molecular complexity index is 467. The molecule has 0 saturated carbocycles. The summed E-state index contributed by atoms with van der Waals surface area (Å²) in [4.78, 5) is 0. The van der Waals surface area contributed by atoms with E-state index in [4.69, 9.17) is 11.0 Å². The Morgan fingerprint density at radius 1 is 1.38 bits per heavy atom. The molecule has 2 N–H and O–H groups in total. The van der Waals surface area contributed by atoms with Crippen molar-refractivity contribution in [3.05, 3.63) is 35.2 Å². The molecule has 1 heterocycles. The fraction of sp³-hybridized carbons (Fsp3) is 0.100. The number of fused-ring (bicyclic) bond motifs is 1. The van der Waals surface area contributed by atoms with Crippen LogP contribution in [0.2, 0.25) is 0 Å². The van der Waals surface area contributed by atoms with Gasteiger partial charge in [0.25, 0.3) is 0 Å². The lowest BCUT2D eigenvalue weighted by Crippen LogP contribution is -2.06. The molecule has 2 nitrogen and oxygen atoms in total. The molecule has 0 aliphatic rings. The number of nitrogens with two attached hydrogens (primary N) is 1. The molecule has 1 unspecified atom stereocenters. The third-order valence-electron chi connectivity index (χ3n) is 1.98. The normalized spacial score (nSPS) is 12.6. The molecule has 64 valence electrons. The number of rotatable bonds is 1. The van der Waals surface area contributed by atoms with Crippen molar-refractivity contribution in [1.29, 1.82) is 5.26 Å². The molecular weight excluding hydrogens is 180 g/mol. The van der Waals surface area contributed by atoms with Crippen LogP contribution in [0.15, 0.2) is 29.6 Å². The van der Waals surface area contributed by atoms with Gasteiger partial charge in [-0.3, -0.25) is 0 Å². The Kier molecular flexibility index (Phi) is 2.01. The molecular formula is C10H8N2S. The number of nitriles is 1. The van der Waals surface area contributed by atoms with Crippen molar-refractivity contribution < 1.29 is 0 Å². The van der Waals surface area contributed by atoms with E-state index < -0.39 is 6.04 Å². The number of benzene rings is 1. The highest BCUT2D eigenvalue weighted by Crippen LogP contribution is 2.23. The lowest BCUT2D eigenvalue weighted by atomic mass is 10.1. The first-order chi connectivity index (χ1) is 6.31. The number of thiophene rings is 1. The van der Waals surface area contributed by atoms with Gasteiger partial charge in [0.05, 0.1) is 6.07 Å². The first kappa shape index (κ1) is 8.24. The van der Waals surface area contributed by atoms with E-state index in [1.54, 1.807) is 11.3 Å². The monoisotopic (exact) mass is 188 g/mol. The maximum absolute atomic E-state index is 8.64. The van der Waals surface area contributed by atoms with E-state index in [-0.39, 0.29) is 0 Å². The Labute approximate surface area is 80.2 Å². The summed E-state index contributed by atoms with van der Waals surface area (Å²) in [5.74, 6) is 0. The van der Waals surface area contributed by atoms with Crippen molar-refractivity contribution in [1.82, 2.24) is 0 Å². The van der Waals surface area contributed by atoms with Gasteiger partial charge in [-0.1, -0.05) is 12.1 Å². The molecule has 0 aliphatic heterocycles. The van der Waals surface area contributed by atoms with Gasteiger partial charge in [0.2, 0.25) is 0 Å². The second-order valence-corrected chi connectivity index (χ2v) is 3.77. The summed E-state index contributed by atoms with van der Waals surface area (Å²) in [5, 5.41) is 11.9. The average Bonchev–Trinajstić information content (AvgIpc) is 2.63. The summed E-state index contributed by atoms with van der Waals surface area (Å²) in [6.45, 7) is 0. The Hall–Kier alpha value is -1.37. The highest BCUT2D eigenvalue weighted by Gasteiger charge is 2.04. The van der Waals surface area contributed by atoms with Crippen molar-refractivity contribution in [2.24, 2.45) is 5.73 Å². The topological polar surface area (TPSA) is 49.8 Å². The molecule has 13 heavy (non-hydrogen) atoms. The zero-order chi connectivity index (χ0) is 9.26. The van der Waals surface area contributed by atoms with E-state index in [2.05, 4.69) is 6.07 Å². The molecule has 0 aliphatic carbocycles. The first-order valence-electron chi connectivity index (χ1n) is 3.93. The summed E-state index contributed by atoms with van der Waals surface area (Å²) in [6.07, 6.45) is 0. The number of hydrogen-bond donors (Lipinski definition) is 1. The molecule has 0 bridgehead atoms. The van der Waals surface area contributed by atoms with Gasteiger partial charge < -0.3 is 5.73 Å². The smallest absolute Gasteiger partial charge is 0.118 e. The van der Waals surface area contributed by atoms with Crippen LogP contribution in [0.3, 0.4) is 0 Å². The third-order valence-corrected chi connectivity index (χ3v) is 2.86. The van der Waals surface area contributed by atoms with E-state index in [9.17, 15) is 0 Å². The third kappa shape index (κ3) is 1.42. The number of hydrogen-bond acceptors (Lipinski definition) is 3. The van der Waals surface area contributed by atoms with Crippen LogP contribution in [-0.2, 0) is 0 Å². The SMILES string of the molecule is N#CC(N)c1ccc2ccsc2c1. The molecule has 3 heteroatoms. The summed E-state index contributed by atoms with van der Waals surface area (Å²) < 4.78 is 1.18. The van der Waals surface area contributed by atoms with Crippen molar-refractivity contribution in [2.45, 2.75) is 6.04 Å². The fourth-order valence-corrected chi connectivity index (χ4v) is 2.08. The van der Waals surface area contributed by atoms with Gasteiger partial charge in [0, 0.05) is 4.70 Å². The molecule has 2 rings (SSSR count). The minimum Gasteiger partial charge on any atom is -0.312 e. The van der Waals surface area contributed by atoms with E-state index in [0.29, 0.717) is 0 Å². The van der Waals surface area contributed by atoms with Gasteiger partial charge >= 0.3 is 0 Å². The second-order valence-electron chi connectivity index (χ2n) is 2.82. The molecule has 1 aromatic heterocycles. The van der Waals surface area contributed by atoms with E-state index in [0.717, 1.165) is 5.56 Å². The largest absolute Gasteiger partial charge is 0.312 e.